The summed E-state index contributed by atoms with van der Waals surface area (Å²) in [6, 6.07) is 11.2. The van der Waals surface area contributed by atoms with E-state index in [4.69, 9.17) is 14.5 Å². The van der Waals surface area contributed by atoms with Crippen LogP contribution >= 0.6 is 0 Å². The van der Waals surface area contributed by atoms with Crippen LogP contribution in [0.3, 0.4) is 0 Å². The highest BCUT2D eigenvalue weighted by atomic mass is 16.5. The van der Waals surface area contributed by atoms with Crippen LogP contribution in [0.15, 0.2) is 36.4 Å². The van der Waals surface area contributed by atoms with E-state index < -0.39 is 0 Å². The lowest BCUT2D eigenvalue weighted by Crippen LogP contribution is -2.34. The molecule has 0 spiro atoms. The molecular weight excluding hydrogens is 418 g/mol. The quantitative estimate of drug-likeness (QED) is 0.502. The second-order valence-corrected chi connectivity index (χ2v) is 8.41. The number of rotatable bonds is 7. The lowest BCUT2D eigenvalue weighted by Gasteiger charge is -2.30. The molecule has 0 saturated carbocycles. The monoisotopic (exact) mass is 447 g/mol. The molecule has 8 heteroatoms. The summed E-state index contributed by atoms with van der Waals surface area (Å²) >= 11 is 0. The zero-order valence-corrected chi connectivity index (χ0v) is 19.5. The Balaban J connectivity index is 1.69. The average molecular weight is 448 g/mol. The molecule has 1 aliphatic heterocycles. The third-order valence-corrected chi connectivity index (χ3v) is 6.05. The largest absolute Gasteiger partial charge is 0.493 e. The highest BCUT2D eigenvalue weighted by Crippen LogP contribution is 2.32. The summed E-state index contributed by atoms with van der Waals surface area (Å²) in [6.07, 6.45) is 2.93. The average Bonchev–Trinajstić information content (AvgIpc) is 2.82. The van der Waals surface area contributed by atoms with Gasteiger partial charge in [-0.05, 0) is 68.0 Å². The molecule has 8 nitrogen and oxygen atoms in total. The maximum atomic E-state index is 11.1. The zero-order valence-electron chi connectivity index (χ0n) is 19.5. The lowest BCUT2D eigenvalue weighted by molar-refractivity contribution is 0.112. The van der Waals surface area contributed by atoms with Gasteiger partial charge in [0.2, 0.25) is 11.9 Å². The summed E-state index contributed by atoms with van der Waals surface area (Å²) in [5.74, 6) is 2.52. The molecule has 33 heavy (non-hydrogen) atoms. The van der Waals surface area contributed by atoms with Gasteiger partial charge in [0.25, 0.3) is 0 Å². The molecule has 1 saturated heterocycles. The number of anilines is 3. The minimum atomic E-state index is 0.156. The number of hydrogen-bond donors (Lipinski definition) is 1. The highest BCUT2D eigenvalue weighted by Gasteiger charge is 2.21. The van der Waals surface area contributed by atoms with Gasteiger partial charge in [-0.2, -0.15) is 15.0 Å². The summed E-state index contributed by atoms with van der Waals surface area (Å²) in [7, 11) is 1.53. The van der Waals surface area contributed by atoms with Crippen molar-refractivity contribution in [2.24, 2.45) is 5.92 Å². The second kappa shape index (κ2) is 9.85. The van der Waals surface area contributed by atoms with Crippen LogP contribution in [-0.2, 0) is 0 Å². The van der Waals surface area contributed by atoms with Gasteiger partial charge in [-0.1, -0.05) is 19.1 Å². The van der Waals surface area contributed by atoms with Gasteiger partial charge in [0.1, 0.15) is 6.29 Å². The van der Waals surface area contributed by atoms with E-state index in [9.17, 15) is 4.79 Å². The number of methoxy groups -OCH3 is 1. The third-order valence-electron chi connectivity index (χ3n) is 6.05. The van der Waals surface area contributed by atoms with Crippen LogP contribution < -0.4 is 19.7 Å². The Bertz CT molecular complexity index is 1140. The Morgan fingerprint density at radius 1 is 1.06 bits per heavy atom. The minimum absolute atomic E-state index is 0.156. The summed E-state index contributed by atoms with van der Waals surface area (Å²) in [5.41, 5.74) is 3.73. The van der Waals surface area contributed by atoms with Crippen molar-refractivity contribution in [3.8, 4) is 17.5 Å². The van der Waals surface area contributed by atoms with Crippen LogP contribution in [0.1, 0.15) is 41.3 Å². The van der Waals surface area contributed by atoms with Crippen molar-refractivity contribution in [2.45, 2.75) is 33.6 Å². The predicted octanol–water partition coefficient (Wildman–Crippen LogP) is 5.08. The number of piperidine rings is 1. The molecule has 1 aliphatic rings. The van der Waals surface area contributed by atoms with Gasteiger partial charge in [-0.15, -0.1) is 0 Å². The molecule has 4 rings (SSSR count). The van der Waals surface area contributed by atoms with Gasteiger partial charge in [0, 0.05) is 24.3 Å². The molecule has 0 unspecified atom stereocenters. The Labute approximate surface area is 194 Å². The van der Waals surface area contributed by atoms with Crippen LogP contribution in [-0.4, -0.2) is 41.4 Å². The first-order valence-corrected chi connectivity index (χ1v) is 11.1. The van der Waals surface area contributed by atoms with E-state index in [0.29, 0.717) is 34.9 Å². The molecule has 3 aromatic rings. The van der Waals surface area contributed by atoms with E-state index >= 15 is 0 Å². The predicted molar refractivity (Wildman–Crippen MR) is 128 cm³/mol. The van der Waals surface area contributed by atoms with Crippen LogP contribution in [0.5, 0.6) is 17.5 Å². The Morgan fingerprint density at radius 2 is 1.85 bits per heavy atom. The summed E-state index contributed by atoms with van der Waals surface area (Å²) < 4.78 is 11.4. The van der Waals surface area contributed by atoms with Crippen LogP contribution in [0.2, 0.25) is 0 Å². The van der Waals surface area contributed by atoms with E-state index in [1.54, 1.807) is 18.2 Å². The van der Waals surface area contributed by atoms with Crippen molar-refractivity contribution >= 4 is 23.9 Å². The van der Waals surface area contributed by atoms with Crippen LogP contribution in [0.4, 0.5) is 17.6 Å². The smallest absolute Gasteiger partial charge is 0.328 e. The molecule has 0 radical (unpaired) electrons. The summed E-state index contributed by atoms with van der Waals surface area (Å²) in [5, 5.41) is 3.33. The molecule has 1 aromatic heterocycles. The van der Waals surface area contributed by atoms with Crippen molar-refractivity contribution in [3.05, 3.63) is 53.1 Å². The van der Waals surface area contributed by atoms with E-state index in [0.717, 1.165) is 43.5 Å². The minimum Gasteiger partial charge on any atom is -0.493 e. The number of hydrogen-bond acceptors (Lipinski definition) is 8. The highest BCUT2D eigenvalue weighted by molar-refractivity contribution is 5.76. The number of carbonyl (C=O) groups is 1. The first kappa shape index (κ1) is 22.5. The number of carbonyl (C=O) groups excluding carboxylic acids is 1. The SMILES string of the molecule is COc1cc(C=O)ccc1Oc1nc(Nc2cccc(C)c2C)nc(N2CCC(C)CC2)n1. The maximum Gasteiger partial charge on any atom is 0.328 e. The van der Waals surface area contributed by atoms with Crippen molar-refractivity contribution in [3.63, 3.8) is 0 Å². The van der Waals surface area contributed by atoms with Gasteiger partial charge in [-0.25, -0.2) is 0 Å². The molecule has 2 heterocycles. The maximum absolute atomic E-state index is 11.1. The van der Waals surface area contributed by atoms with Crippen LogP contribution in [0.25, 0.3) is 0 Å². The Kier molecular flexibility index (Phi) is 6.72. The van der Waals surface area contributed by atoms with Crippen molar-refractivity contribution < 1.29 is 14.3 Å². The standard InChI is InChI=1S/C25H29N5O3/c1-16-10-12-30(13-11-16)24-27-23(26-20-7-5-6-17(2)18(20)3)28-25(29-24)33-21-9-8-19(15-31)14-22(21)32-4/h5-9,14-16H,10-13H2,1-4H3,(H,26,27,28,29). The fraction of sp³-hybridized carbons (Fsp3) is 0.360. The fourth-order valence-corrected chi connectivity index (χ4v) is 3.74. The molecule has 172 valence electrons. The Morgan fingerprint density at radius 3 is 2.58 bits per heavy atom. The normalized spacial score (nSPS) is 14.1. The van der Waals surface area contributed by atoms with E-state index in [2.05, 4.69) is 47.0 Å². The molecule has 1 N–H and O–H groups in total. The number of nitrogens with zero attached hydrogens (tertiary/aromatic N) is 4. The molecule has 0 aliphatic carbocycles. The Hall–Kier alpha value is -3.68. The lowest BCUT2D eigenvalue weighted by atomic mass is 10.00. The van der Waals surface area contributed by atoms with Gasteiger partial charge in [-0.3, -0.25) is 4.79 Å². The molecule has 2 aromatic carbocycles. The van der Waals surface area contributed by atoms with E-state index in [1.165, 1.54) is 12.7 Å². The summed E-state index contributed by atoms with van der Waals surface area (Å²) in [4.78, 5) is 27.1. The number of aryl methyl sites for hydroxylation is 1. The number of benzene rings is 2. The van der Waals surface area contributed by atoms with E-state index in [-0.39, 0.29) is 6.01 Å². The van der Waals surface area contributed by atoms with Crippen molar-refractivity contribution in [2.75, 3.05) is 30.4 Å². The van der Waals surface area contributed by atoms with Gasteiger partial charge in [0.05, 0.1) is 7.11 Å². The second-order valence-electron chi connectivity index (χ2n) is 8.41. The van der Waals surface area contributed by atoms with Gasteiger partial charge in [0.15, 0.2) is 11.5 Å². The van der Waals surface area contributed by atoms with Gasteiger partial charge < -0.3 is 19.7 Å². The number of aromatic nitrogens is 3. The van der Waals surface area contributed by atoms with Crippen molar-refractivity contribution in [1.29, 1.82) is 0 Å². The first-order valence-electron chi connectivity index (χ1n) is 11.1. The molecule has 0 bridgehead atoms. The van der Waals surface area contributed by atoms with Crippen molar-refractivity contribution in [1.82, 2.24) is 15.0 Å². The third kappa shape index (κ3) is 5.22. The van der Waals surface area contributed by atoms with E-state index in [1.807, 2.05) is 12.1 Å². The van der Waals surface area contributed by atoms with Crippen LogP contribution in [0, 0.1) is 19.8 Å². The molecule has 1 fully saturated rings. The zero-order chi connectivity index (χ0) is 23.4. The number of aldehydes is 1. The fourth-order valence-electron chi connectivity index (χ4n) is 3.74. The van der Waals surface area contributed by atoms with Gasteiger partial charge >= 0.3 is 6.01 Å². The topological polar surface area (TPSA) is 89.5 Å². The first-order chi connectivity index (χ1) is 16.0. The number of ether oxygens (including phenoxy) is 2. The number of nitrogens with one attached hydrogen (secondary N) is 1. The summed E-state index contributed by atoms with van der Waals surface area (Å²) in [6.45, 7) is 8.15. The molecule has 0 amide bonds. The molecular formula is C25H29N5O3. The molecule has 0 atom stereocenters.